The minimum atomic E-state index is -0.786. The van der Waals surface area contributed by atoms with Crippen molar-refractivity contribution in [3.8, 4) is 0 Å². The summed E-state index contributed by atoms with van der Waals surface area (Å²) in [5.41, 5.74) is 14.7. The molecule has 0 aliphatic carbocycles. The summed E-state index contributed by atoms with van der Waals surface area (Å²) in [5, 5.41) is 2.48. The quantitative estimate of drug-likeness (QED) is 0.309. The van der Waals surface area contributed by atoms with E-state index >= 15 is 0 Å². The number of carbonyl (C=O) groups is 2. The van der Waals surface area contributed by atoms with Crippen LogP contribution in [0.15, 0.2) is 30.3 Å². The molecule has 0 aliphatic heterocycles. The summed E-state index contributed by atoms with van der Waals surface area (Å²) < 4.78 is 5.06. The Bertz CT molecular complexity index is 527. The highest BCUT2D eigenvalue weighted by Gasteiger charge is 2.22. The third-order valence-electron chi connectivity index (χ3n) is 2.98. The van der Waals surface area contributed by atoms with Crippen molar-refractivity contribution in [2.75, 3.05) is 6.54 Å². The van der Waals surface area contributed by atoms with E-state index in [0.29, 0.717) is 19.4 Å². The third-order valence-corrected chi connectivity index (χ3v) is 2.98. The molecule has 1 aromatic carbocycles. The zero-order valence-corrected chi connectivity index (χ0v) is 12.3. The summed E-state index contributed by atoms with van der Waals surface area (Å²) in [5.74, 6) is -0.490. The molecule has 22 heavy (non-hydrogen) atoms. The molecule has 0 fully saturated rings. The molecule has 0 saturated heterocycles. The lowest BCUT2D eigenvalue weighted by atomic mass is 10.1. The minimum Gasteiger partial charge on any atom is -0.445 e. The van der Waals surface area contributed by atoms with Gasteiger partial charge in [0.15, 0.2) is 0 Å². The predicted octanol–water partition coefficient (Wildman–Crippen LogP) is 1.28. The van der Waals surface area contributed by atoms with E-state index in [0.717, 1.165) is 18.2 Å². The van der Waals surface area contributed by atoms with Gasteiger partial charge in [-0.3, -0.25) is 4.79 Å². The Balaban J connectivity index is 2.50. The first-order valence-electron chi connectivity index (χ1n) is 7.06. The molecule has 118 valence electrons. The number of nitrogens with zero attached hydrogens (tertiary/aromatic N) is 2. The number of ether oxygens (including phenoxy) is 1. The Morgan fingerprint density at radius 3 is 2.68 bits per heavy atom. The van der Waals surface area contributed by atoms with Crippen LogP contribution in [0, 0.1) is 0 Å². The molecular weight excluding hydrogens is 284 g/mol. The van der Waals surface area contributed by atoms with Crippen LogP contribution in [0.4, 0.5) is 4.79 Å². The standard InChI is InChI=1S/C15H20N4O3/c16-9-5-4-8-13(14(20)10-18-17)19-15(21)22-11-12-6-2-1-3-7-12/h1-3,6-7,10,13H,4-5,8-9,11,16H2,(H,19,21)/t13-/m0/s1. The molecule has 0 aliphatic rings. The van der Waals surface area contributed by atoms with Gasteiger partial charge < -0.3 is 21.3 Å². The van der Waals surface area contributed by atoms with Gasteiger partial charge in [-0.25, -0.2) is 4.79 Å². The van der Waals surface area contributed by atoms with Crippen LogP contribution in [0.1, 0.15) is 24.8 Å². The maximum Gasteiger partial charge on any atom is 0.408 e. The van der Waals surface area contributed by atoms with E-state index < -0.39 is 17.9 Å². The van der Waals surface area contributed by atoms with Crippen LogP contribution >= 0.6 is 0 Å². The van der Waals surface area contributed by atoms with Gasteiger partial charge in [-0.2, -0.15) is 4.79 Å². The molecule has 0 unspecified atom stereocenters. The van der Waals surface area contributed by atoms with Gasteiger partial charge in [0.25, 0.3) is 5.78 Å². The lowest BCUT2D eigenvalue weighted by molar-refractivity contribution is -0.118. The highest BCUT2D eigenvalue weighted by Crippen LogP contribution is 2.04. The van der Waals surface area contributed by atoms with Gasteiger partial charge in [0, 0.05) is 0 Å². The Labute approximate surface area is 129 Å². The summed E-state index contributed by atoms with van der Waals surface area (Å²) in [4.78, 5) is 26.2. The van der Waals surface area contributed by atoms with Crippen molar-refractivity contribution in [3.63, 3.8) is 0 Å². The number of carbonyl (C=O) groups excluding carboxylic acids is 2. The normalized spacial score (nSPS) is 11.1. The fourth-order valence-electron chi connectivity index (χ4n) is 1.83. The summed E-state index contributed by atoms with van der Waals surface area (Å²) in [6.07, 6.45) is 1.89. The molecule has 0 radical (unpaired) electrons. The van der Waals surface area contributed by atoms with Crippen LogP contribution < -0.4 is 11.1 Å². The number of hydrogen-bond acceptors (Lipinski definition) is 4. The molecule has 3 N–H and O–H groups in total. The van der Waals surface area contributed by atoms with Crippen molar-refractivity contribution < 1.29 is 19.1 Å². The second-order valence-corrected chi connectivity index (χ2v) is 4.69. The smallest absolute Gasteiger partial charge is 0.408 e. The minimum absolute atomic E-state index is 0.116. The van der Waals surface area contributed by atoms with Gasteiger partial charge in [-0.1, -0.05) is 30.3 Å². The van der Waals surface area contributed by atoms with Crippen LogP contribution in [0.25, 0.3) is 5.53 Å². The average molecular weight is 304 g/mol. The maximum atomic E-state index is 11.8. The van der Waals surface area contributed by atoms with Gasteiger partial charge in [-0.05, 0) is 31.4 Å². The lowest BCUT2D eigenvalue weighted by Gasteiger charge is -2.14. The zero-order valence-electron chi connectivity index (χ0n) is 12.3. The van der Waals surface area contributed by atoms with Crippen LogP contribution in [0.3, 0.4) is 0 Å². The van der Waals surface area contributed by atoms with Crippen LogP contribution in [0.2, 0.25) is 0 Å². The largest absolute Gasteiger partial charge is 0.445 e. The Hall–Kier alpha value is -2.50. The highest BCUT2D eigenvalue weighted by molar-refractivity contribution is 6.28. The number of ketones is 1. The van der Waals surface area contributed by atoms with E-state index in [1.165, 1.54) is 0 Å². The molecule has 1 atom stereocenters. The number of alkyl carbamates (subject to hydrolysis) is 1. The first-order chi connectivity index (χ1) is 10.7. The fourth-order valence-corrected chi connectivity index (χ4v) is 1.83. The van der Waals surface area contributed by atoms with Gasteiger partial charge in [0.1, 0.15) is 12.6 Å². The Morgan fingerprint density at radius 2 is 2.05 bits per heavy atom. The number of amides is 1. The Kier molecular flexibility index (Phi) is 8.18. The molecule has 1 aromatic rings. The van der Waals surface area contributed by atoms with Crippen LogP contribution in [0.5, 0.6) is 0 Å². The SMILES string of the molecule is [N-]=[N+]=CC(=O)[C@H](CCCCN)NC(=O)OCc1ccccc1. The number of unbranched alkanes of at least 4 members (excludes halogenated alkanes) is 1. The highest BCUT2D eigenvalue weighted by atomic mass is 16.5. The monoisotopic (exact) mass is 304 g/mol. The molecule has 1 amide bonds. The van der Waals surface area contributed by atoms with Crippen molar-refractivity contribution in [2.45, 2.75) is 31.9 Å². The second-order valence-electron chi connectivity index (χ2n) is 4.69. The first-order valence-corrected chi connectivity index (χ1v) is 7.06. The topological polar surface area (TPSA) is 118 Å². The number of Topliss-reactive ketones (excluding diaryl/α,β-unsaturated/α-hetero) is 1. The number of nitrogens with one attached hydrogen (secondary N) is 1. The van der Waals surface area contributed by atoms with Crippen molar-refractivity contribution in [1.29, 1.82) is 0 Å². The molecule has 7 nitrogen and oxygen atoms in total. The molecular formula is C15H20N4O3. The lowest BCUT2D eigenvalue weighted by Crippen LogP contribution is -2.41. The maximum absolute atomic E-state index is 11.8. The molecule has 1 rings (SSSR count). The predicted molar refractivity (Wildman–Crippen MR) is 81.1 cm³/mol. The first kappa shape index (κ1) is 17.6. The number of nitrogens with two attached hydrogens (primary N) is 1. The second kappa shape index (κ2) is 10.3. The van der Waals surface area contributed by atoms with E-state index in [2.05, 4.69) is 10.1 Å². The molecule has 0 saturated carbocycles. The van der Waals surface area contributed by atoms with Crippen molar-refractivity contribution in [2.24, 2.45) is 5.73 Å². The average Bonchev–Trinajstić information content (AvgIpc) is 2.53. The molecule has 0 spiro atoms. The summed E-state index contributed by atoms with van der Waals surface area (Å²) in [6, 6.07) is 8.42. The summed E-state index contributed by atoms with van der Waals surface area (Å²) >= 11 is 0. The third kappa shape index (κ3) is 6.78. The van der Waals surface area contributed by atoms with Gasteiger partial charge in [0.2, 0.25) is 0 Å². The Morgan fingerprint density at radius 1 is 1.32 bits per heavy atom. The van der Waals surface area contributed by atoms with E-state index in [9.17, 15) is 9.59 Å². The summed E-state index contributed by atoms with van der Waals surface area (Å²) in [7, 11) is 0. The molecule has 0 heterocycles. The van der Waals surface area contributed by atoms with Gasteiger partial charge in [-0.15, -0.1) is 0 Å². The zero-order chi connectivity index (χ0) is 16.2. The number of rotatable bonds is 9. The van der Waals surface area contributed by atoms with Crippen LogP contribution in [-0.4, -0.2) is 35.5 Å². The van der Waals surface area contributed by atoms with E-state index in [4.69, 9.17) is 16.0 Å². The van der Waals surface area contributed by atoms with E-state index in [1.807, 2.05) is 30.3 Å². The van der Waals surface area contributed by atoms with Gasteiger partial charge in [0.05, 0.1) is 0 Å². The van der Waals surface area contributed by atoms with Crippen LogP contribution in [-0.2, 0) is 16.1 Å². The van der Waals surface area contributed by atoms with E-state index in [-0.39, 0.29) is 6.61 Å². The van der Waals surface area contributed by atoms with Crippen molar-refractivity contribution in [1.82, 2.24) is 5.32 Å². The molecule has 0 aromatic heterocycles. The van der Waals surface area contributed by atoms with Gasteiger partial charge >= 0.3 is 12.3 Å². The van der Waals surface area contributed by atoms with Crippen molar-refractivity contribution >= 4 is 18.1 Å². The molecule has 0 bridgehead atoms. The number of hydrogen-bond donors (Lipinski definition) is 2. The van der Waals surface area contributed by atoms with E-state index in [1.54, 1.807) is 0 Å². The molecule has 7 heteroatoms. The number of benzene rings is 1. The summed E-state index contributed by atoms with van der Waals surface area (Å²) in [6.45, 7) is 0.623. The van der Waals surface area contributed by atoms with Crippen molar-refractivity contribution in [3.05, 3.63) is 41.4 Å². The fraction of sp³-hybridized carbons (Fsp3) is 0.400.